The van der Waals surface area contributed by atoms with E-state index in [1.54, 1.807) is 36.3 Å². The van der Waals surface area contributed by atoms with Gasteiger partial charge in [-0.05, 0) is 80.7 Å². The molecule has 2 aromatic rings. The molecule has 7 heteroatoms. The van der Waals surface area contributed by atoms with Crippen molar-refractivity contribution < 1.29 is 19.1 Å². The second kappa shape index (κ2) is 10.6. The van der Waals surface area contributed by atoms with Crippen molar-refractivity contribution in [3.05, 3.63) is 65.2 Å². The van der Waals surface area contributed by atoms with Crippen LogP contribution in [0.1, 0.15) is 63.8 Å². The Labute approximate surface area is 220 Å². The largest absolute Gasteiger partial charge is 0.497 e. The van der Waals surface area contributed by atoms with Gasteiger partial charge in [0.05, 0.1) is 7.11 Å². The fourth-order valence-electron chi connectivity index (χ4n) is 5.54. The number of ether oxygens (including phenoxy) is 1. The topological polar surface area (TPSA) is 87.7 Å². The summed E-state index contributed by atoms with van der Waals surface area (Å²) in [5.74, 6) is 0.0491. The van der Waals surface area contributed by atoms with E-state index in [0.29, 0.717) is 17.7 Å². The number of carbonyl (C=O) groups excluding carboxylic acids is 3. The Balaban J connectivity index is 1.76. The van der Waals surface area contributed by atoms with Crippen LogP contribution in [0.4, 0.5) is 0 Å². The van der Waals surface area contributed by atoms with Crippen LogP contribution in [0.15, 0.2) is 48.5 Å². The normalized spacial score (nSPS) is 21.0. The molecule has 1 aliphatic carbocycles. The van der Waals surface area contributed by atoms with E-state index >= 15 is 0 Å². The minimum atomic E-state index is -0.946. The molecular weight excluding hydrogens is 466 g/mol. The summed E-state index contributed by atoms with van der Waals surface area (Å²) in [6.07, 6.45) is 1.90. The van der Waals surface area contributed by atoms with Crippen molar-refractivity contribution in [3.8, 4) is 5.75 Å². The number of benzene rings is 2. The highest BCUT2D eigenvalue weighted by atomic mass is 16.5. The Morgan fingerprint density at radius 3 is 2.16 bits per heavy atom. The van der Waals surface area contributed by atoms with Gasteiger partial charge in [-0.2, -0.15) is 0 Å². The van der Waals surface area contributed by atoms with E-state index in [1.807, 2.05) is 46.8 Å². The molecule has 0 saturated carbocycles. The molecule has 3 atom stereocenters. The lowest BCUT2D eigenvalue weighted by molar-refractivity contribution is -0.158. The van der Waals surface area contributed by atoms with E-state index in [-0.39, 0.29) is 29.6 Å². The summed E-state index contributed by atoms with van der Waals surface area (Å²) >= 11 is 0. The molecular formula is C30H39N3O4. The molecule has 2 N–H and O–H groups in total. The van der Waals surface area contributed by atoms with Gasteiger partial charge in [0.2, 0.25) is 17.7 Å². The zero-order valence-corrected chi connectivity index (χ0v) is 22.7. The monoisotopic (exact) mass is 505 g/mol. The molecule has 1 aliphatic heterocycles. The molecule has 0 spiro atoms. The van der Waals surface area contributed by atoms with Crippen LogP contribution in [0, 0.1) is 11.8 Å². The predicted octanol–water partition coefficient (Wildman–Crippen LogP) is 3.81. The molecule has 0 unspecified atom stereocenters. The number of piperazine rings is 1. The molecule has 1 fully saturated rings. The maximum Gasteiger partial charge on any atom is 0.247 e. The zero-order valence-electron chi connectivity index (χ0n) is 22.7. The summed E-state index contributed by atoms with van der Waals surface area (Å²) < 4.78 is 5.32. The zero-order chi connectivity index (χ0) is 26.9. The maximum atomic E-state index is 14.3. The van der Waals surface area contributed by atoms with Crippen LogP contribution in [0.25, 0.3) is 0 Å². The minimum absolute atomic E-state index is 0.0569. The number of hydrogen-bond donors (Lipinski definition) is 2. The van der Waals surface area contributed by atoms with E-state index in [0.717, 1.165) is 12.8 Å². The quantitative estimate of drug-likeness (QED) is 0.599. The van der Waals surface area contributed by atoms with Crippen LogP contribution in [0.5, 0.6) is 5.75 Å². The third-order valence-electron chi connectivity index (χ3n) is 7.16. The van der Waals surface area contributed by atoms with Crippen LogP contribution in [-0.2, 0) is 27.2 Å². The first-order chi connectivity index (χ1) is 17.5. The van der Waals surface area contributed by atoms with Crippen molar-refractivity contribution in [2.45, 2.75) is 77.5 Å². The van der Waals surface area contributed by atoms with Crippen molar-refractivity contribution >= 4 is 17.7 Å². The summed E-state index contributed by atoms with van der Waals surface area (Å²) in [6, 6.07) is 13.0. The molecule has 0 aromatic heterocycles. The highest BCUT2D eigenvalue weighted by Crippen LogP contribution is 2.36. The SMILES string of the molecule is COc1ccc([C@H](C(=O)NC(C)(C)C)N2C(=O)[C@@H](C3Cc4ccccc4C3)NC(=O)[C@H]2CC(C)C)cc1. The van der Waals surface area contributed by atoms with E-state index < -0.39 is 23.7 Å². The second-order valence-corrected chi connectivity index (χ2v) is 11.7. The van der Waals surface area contributed by atoms with Gasteiger partial charge in [0.1, 0.15) is 23.9 Å². The standard InChI is InChI=1S/C30H39N3O4/c1-18(2)15-24-27(34)31-25(22-16-20-9-7-8-10-21(20)17-22)29(36)33(24)26(28(35)32-30(3,4)5)19-11-13-23(37-6)14-12-19/h7-14,18,22,24-26H,15-17H2,1-6H3,(H,31,34)(H,32,35)/t24-,25-,26-/m1/s1. The van der Waals surface area contributed by atoms with Gasteiger partial charge in [0.25, 0.3) is 0 Å². The highest BCUT2D eigenvalue weighted by Gasteiger charge is 2.49. The molecule has 1 saturated heterocycles. The maximum absolute atomic E-state index is 14.3. The highest BCUT2D eigenvalue weighted by molar-refractivity contribution is 6.00. The number of methoxy groups -OCH3 is 1. The fraction of sp³-hybridized carbons (Fsp3) is 0.500. The third kappa shape index (κ3) is 5.81. The Morgan fingerprint density at radius 1 is 1.05 bits per heavy atom. The number of hydrogen-bond acceptors (Lipinski definition) is 4. The van der Waals surface area contributed by atoms with Crippen LogP contribution in [0.2, 0.25) is 0 Å². The number of fused-ring (bicyclic) bond motifs is 1. The predicted molar refractivity (Wildman–Crippen MR) is 143 cm³/mol. The first kappa shape index (κ1) is 26.7. The summed E-state index contributed by atoms with van der Waals surface area (Å²) in [5.41, 5.74) is 2.56. The molecule has 2 aliphatic rings. The molecule has 3 amide bonds. The lowest BCUT2D eigenvalue weighted by Gasteiger charge is -2.45. The molecule has 1 heterocycles. The van der Waals surface area contributed by atoms with E-state index in [1.165, 1.54) is 11.1 Å². The van der Waals surface area contributed by atoms with Gasteiger partial charge in [-0.25, -0.2) is 0 Å². The van der Waals surface area contributed by atoms with E-state index in [2.05, 4.69) is 22.8 Å². The average Bonchev–Trinajstić information content (AvgIpc) is 3.26. The van der Waals surface area contributed by atoms with Crippen molar-refractivity contribution in [1.82, 2.24) is 15.5 Å². The number of nitrogens with zero attached hydrogens (tertiary/aromatic N) is 1. The van der Waals surface area contributed by atoms with Crippen molar-refractivity contribution in [2.24, 2.45) is 11.8 Å². The number of nitrogens with one attached hydrogen (secondary N) is 2. The smallest absolute Gasteiger partial charge is 0.247 e. The minimum Gasteiger partial charge on any atom is -0.497 e. The molecule has 7 nitrogen and oxygen atoms in total. The number of rotatable bonds is 7. The van der Waals surface area contributed by atoms with Crippen LogP contribution < -0.4 is 15.4 Å². The van der Waals surface area contributed by atoms with Crippen LogP contribution in [-0.4, -0.2) is 47.4 Å². The van der Waals surface area contributed by atoms with Gasteiger partial charge in [0, 0.05) is 5.54 Å². The van der Waals surface area contributed by atoms with Gasteiger partial charge in [0.15, 0.2) is 0 Å². The molecule has 4 rings (SSSR count). The van der Waals surface area contributed by atoms with Gasteiger partial charge in [-0.1, -0.05) is 50.2 Å². The molecule has 2 aromatic carbocycles. The Morgan fingerprint density at radius 2 is 1.65 bits per heavy atom. The Hall–Kier alpha value is -3.35. The number of carbonyl (C=O) groups is 3. The summed E-state index contributed by atoms with van der Waals surface area (Å²) in [5, 5.41) is 6.11. The van der Waals surface area contributed by atoms with Crippen molar-refractivity contribution in [2.75, 3.05) is 7.11 Å². The van der Waals surface area contributed by atoms with E-state index in [4.69, 9.17) is 4.74 Å². The molecule has 198 valence electrons. The van der Waals surface area contributed by atoms with Crippen LogP contribution in [0.3, 0.4) is 0 Å². The molecule has 0 bridgehead atoms. The van der Waals surface area contributed by atoms with E-state index in [9.17, 15) is 14.4 Å². The molecule has 37 heavy (non-hydrogen) atoms. The average molecular weight is 506 g/mol. The second-order valence-electron chi connectivity index (χ2n) is 11.7. The first-order valence-corrected chi connectivity index (χ1v) is 13.1. The van der Waals surface area contributed by atoms with Gasteiger partial charge in [-0.3, -0.25) is 14.4 Å². The lowest BCUT2D eigenvalue weighted by Crippen LogP contribution is -2.67. The van der Waals surface area contributed by atoms with Gasteiger partial charge < -0.3 is 20.3 Å². The van der Waals surface area contributed by atoms with Crippen LogP contribution >= 0.6 is 0 Å². The number of amides is 3. The fourth-order valence-corrected chi connectivity index (χ4v) is 5.54. The van der Waals surface area contributed by atoms with Gasteiger partial charge in [-0.15, -0.1) is 0 Å². The third-order valence-corrected chi connectivity index (χ3v) is 7.16. The summed E-state index contributed by atoms with van der Waals surface area (Å²) in [6.45, 7) is 9.76. The molecule has 0 radical (unpaired) electrons. The lowest BCUT2D eigenvalue weighted by atomic mass is 9.87. The Kier molecular flexibility index (Phi) is 7.62. The van der Waals surface area contributed by atoms with Crippen molar-refractivity contribution in [3.63, 3.8) is 0 Å². The Bertz CT molecular complexity index is 1130. The summed E-state index contributed by atoms with van der Waals surface area (Å²) in [7, 11) is 1.58. The van der Waals surface area contributed by atoms with Crippen molar-refractivity contribution in [1.29, 1.82) is 0 Å². The first-order valence-electron chi connectivity index (χ1n) is 13.1. The van der Waals surface area contributed by atoms with Gasteiger partial charge >= 0.3 is 0 Å². The summed E-state index contributed by atoms with van der Waals surface area (Å²) in [4.78, 5) is 43.3.